The van der Waals surface area contributed by atoms with Gasteiger partial charge in [0.2, 0.25) is 0 Å². The molecule has 0 saturated carbocycles. The first-order valence-corrected chi connectivity index (χ1v) is 4.22. The van der Waals surface area contributed by atoms with E-state index in [4.69, 9.17) is 4.74 Å². The largest absolute Gasteiger partial charge is 1.00 e. The first kappa shape index (κ1) is 20.5. The Bertz CT molecular complexity index is 140. The molecule has 14 heavy (non-hydrogen) atoms. The summed E-state index contributed by atoms with van der Waals surface area (Å²) in [4.78, 5) is 10.2. The Labute approximate surface area is 132 Å². The van der Waals surface area contributed by atoms with Crippen molar-refractivity contribution < 1.29 is 60.9 Å². The fraction of sp³-hybridized carbons (Fsp3) is 0.818. The molecule has 0 aliphatic carbocycles. The molecule has 0 rings (SSSR count). The van der Waals surface area contributed by atoms with Gasteiger partial charge in [-0.05, 0) is 10.8 Å². The standard InChI is InChI=1S/C10H19O2.CH3.K/c1-9(2,3)8(12-7-11)10(4,5)6;;/h8H,1-6H3;1H3;/q2*-1;+1. The molecule has 0 fully saturated rings. The monoisotopic (exact) mass is 225 g/mol. The van der Waals surface area contributed by atoms with Crippen molar-refractivity contribution in [3.63, 3.8) is 0 Å². The predicted molar refractivity (Wildman–Crippen MR) is 55.9 cm³/mol. The van der Waals surface area contributed by atoms with Gasteiger partial charge in [-0.1, -0.05) is 48.0 Å². The van der Waals surface area contributed by atoms with Gasteiger partial charge in [0.05, 0.1) is 6.10 Å². The van der Waals surface area contributed by atoms with Gasteiger partial charge < -0.3 is 17.0 Å². The summed E-state index contributed by atoms with van der Waals surface area (Å²) in [6.45, 7) is 13.9. The average Bonchev–Trinajstić information content (AvgIpc) is 1.77. The molecule has 0 spiro atoms. The molecule has 0 aliphatic heterocycles. The van der Waals surface area contributed by atoms with Gasteiger partial charge in [0.1, 0.15) is 0 Å². The van der Waals surface area contributed by atoms with Crippen molar-refractivity contribution in [1.82, 2.24) is 0 Å². The summed E-state index contributed by atoms with van der Waals surface area (Å²) >= 11 is 0. The van der Waals surface area contributed by atoms with E-state index in [1.54, 1.807) is 0 Å². The van der Waals surface area contributed by atoms with E-state index in [2.05, 4.69) is 41.5 Å². The van der Waals surface area contributed by atoms with E-state index >= 15 is 0 Å². The van der Waals surface area contributed by atoms with Crippen LogP contribution in [-0.4, -0.2) is 12.6 Å². The zero-order valence-corrected chi connectivity index (χ0v) is 14.0. The minimum Gasteiger partial charge on any atom is -0.650 e. The van der Waals surface area contributed by atoms with Gasteiger partial charge in [-0.25, -0.2) is 0 Å². The van der Waals surface area contributed by atoms with Crippen LogP contribution in [0.15, 0.2) is 0 Å². The fourth-order valence-electron chi connectivity index (χ4n) is 1.70. The Morgan fingerprint density at radius 1 is 1.00 bits per heavy atom. The molecule has 0 aliphatic rings. The van der Waals surface area contributed by atoms with Crippen molar-refractivity contribution in [2.75, 3.05) is 0 Å². The smallest absolute Gasteiger partial charge is 0.650 e. The maximum Gasteiger partial charge on any atom is 1.00 e. The number of rotatable bonds is 2. The van der Waals surface area contributed by atoms with Crippen molar-refractivity contribution in [3.05, 3.63) is 7.43 Å². The normalized spacial score (nSPS) is 11.4. The van der Waals surface area contributed by atoms with Crippen LogP contribution in [0.2, 0.25) is 0 Å². The molecule has 0 heterocycles. The zero-order chi connectivity index (χ0) is 9.99. The van der Waals surface area contributed by atoms with E-state index in [9.17, 15) is 4.79 Å². The minimum absolute atomic E-state index is 0. The molecule has 0 N–H and O–H groups in total. The third-order valence-corrected chi connectivity index (χ3v) is 1.74. The molecule has 0 amide bonds. The molecule has 0 aromatic rings. The topological polar surface area (TPSA) is 26.3 Å². The van der Waals surface area contributed by atoms with E-state index < -0.39 is 0 Å². The average molecular weight is 225 g/mol. The van der Waals surface area contributed by atoms with Crippen LogP contribution in [0.4, 0.5) is 0 Å². The summed E-state index contributed by atoms with van der Waals surface area (Å²) in [6, 6.07) is 0. The molecule has 0 atom stereocenters. The molecular formula is C11H22KO2-. The van der Waals surface area contributed by atoms with Gasteiger partial charge in [0.15, 0.2) is 0 Å². The first-order valence-electron chi connectivity index (χ1n) is 4.22. The van der Waals surface area contributed by atoms with E-state index in [-0.39, 0.29) is 75.7 Å². The number of ether oxygens (including phenoxy) is 1. The van der Waals surface area contributed by atoms with Crippen LogP contribution >= 0.6 is 0 Å². The summed E-state index contributed by atoms with van der Waals surface area (Å²) < 4.78 is 4.97. The van der Waals surface area contributed by atoms with Gasteiger partial charge >= 0.3 is 51.4 Å². The van der Waals surface area contributed by atoms with Crippen LogP contribution < -0.4 is 51.4 Å². The van der Waals surface area contributed by atoms with Crippen LogP contribution in [0.5, 0.6) is 0 Å². The van der Waals surface area contributed by atoms with Gasteiger partial charge in [-0.15, -0.1) is 0 Å². The molecule has 3 heteroatoms. The summed E-state index contributed by atoms with van der Waals surface area (Å²) in [5.74, 6) is 0. The molecule has 2 nitrogen and oxygen atoms in total. The third kappa shape index (κ3) is 7.40. The summed E-state index contributed by atoms with van der Waals surface area (Å²) in [6.07, 6.45) is -0.0949. The van der Waals surface area contributed by atoms with E-state index in [1.807, 2.05) is 0 Å². The van der Waals surface area contributed by atoms with Gasteiger partial charge in [0, 0.05) is 0 Å². The summed E-state index contributed by atoms with van der Waals surface area (Å²) in [5, 5.41) is 0. The maximum absolute atomic E-state index is 10.2. The van der Waals surface area contributed by atoms with Crippen LogP contribution in [-0.2, 0) is 9.53 Å². The molecule has 0 unspecified atom stereocenters. The Kier molecular flexibility index (Phi) is 10.8. The second-order valence-corrected chi connectivity index (χ2v) is 5.31. The van der Waals surface area contributed by atoms with E-state index in [0.717, 1.165) is 0 Å². The summed E-state index contributed by atoms with van der Waals surface area (Å²) in [5.41, 5.74) is -0.0642. The summed E-state index contributed by atoms with van der Waals surface area (Å²) in [7, 11) is 0. The van der Waals surface area contributed by atoms with Crippen molar-refractivity contribution in [2.24, 2.45) is 10.8 Å². The Balaban J connectivity index is -0.000000605. The second-order valence-electron chi connectivity index (χ2n) is 5.31. The van der Waals surface area contributed by atoms with Gasteiger partial charge in [-0.2, -0.15) is 0 Å². The van der Waals surface area contributed by atoms with Crippen molar-refractivity contribution in [3.8, 4) is 0 Å². The van der Waals surface area contributed by atoms with Gasteiger partial charge in [0.25, 0.3) is 0 Å². The molecule has 80 valence electrons. The zero-order valence-electron chi connectivity index (χ0n) is 10.9. The van der Waals surface area contributed by atoms with Crippen molar-refractivity contribution >= 4 is 6.47 Å². The minimum atomic E-state index is -0.0949. The van der Waals surface area contributed by atoms with Crippen LogP contribution in [0.25, 0.3) is 0 Å². The molecule has 0 aromatic heterocycles. The van der Waals surface area contributed by atoms with Crippen LogP contribution in [0.3, 0.4) is 0 Å². The Morgan fingerprint density at radius 2 is 1.29 bits per heavy atom. The third-order valence-electron chi connectivity index (χ3n) is 1.74. The number of hydrogen-bond donors (Lipinski definition) is 0. The SMILES string of the molecule is CC(C)(C)C(O[C-]=O)C(C)(C)C.[CH3-].[K+]. The first-order chi connectivity index (χ1) is 5.19. The Hall–Kier alpha value is 1.11. The fourth-order valence-corrected chi connectivity index (χ4v) is 1.70. The maximum atomic E-state index is 10.2. The van der Waals surface area contributed by atoms with Gasteiger partial charge in [-0.3, -0.25) is 0 Å². The quantitative estimate of drug-likeness (QED) is 0.488. The van der Waals surface area contributed by atoms with E-state index in [1.165, 1.54) is 6.47 Å². The Morgan fingerprint density at radius 3 is 1.36 bits per heavy atom. The number of hydrogen-bond acceptors (Lipinski definition) is 2. The molecule has 0 radical (unpaired) electrons. The molecule has 0 aromatic carbocycles. The molecular weight excluding hydrogens is 203 g/mol. The predicted octanol–water partition coefficient (Wildman–Crippen LogP) is -0.0147. The van der Waals surface area contributed by atoms with Crippen LogP contribution in [0, 0.1) is 18.3 Å². The van der Waals surface area contributed by atoms with Crippen LogP contribution in [0.1, 0.15) is 41.5 Å². The second kappa shape index (κ2) is 7.39. The van der Waals surface area contributed by atoms with Crippen molar-refractivity contribution in [2.45, 2.75) is 47.6 Å². The molecule has 0 bridgehead atoms. The van der Waals surface area contributed by atoms with Crippen molar-refractivity contribution in [1.29, 1.82) is 0 Å². The molecule has 0 saturated heterocycles. The van der Waals surface area contributed by atoms with E-state index in [0.29, 0.717) is 0 Å². The number of carbonyl (C=O) groups excluding carboxylic acids is 1.